The summed E-state index contributed by atoms with van der Waals surface area (Å²) in [7, 11) is 1.50. The minimum Gasteiger partial charge on any atom is -0.495 e. The molecule has 35 heavy (non-hydrogen) atoms. The van der Waals surface area contributed by atoms with Gasteiger partial charge in [0.05, 0.1) is 18.8 Å². The van der Waals surface area contributed by atoms with Gasteiger partial charge in [0.2, 0.25) is 0 Å². The maximum absolute atomic E-state index is 13.3. The molecule has 9 heteroatoms. The second-order valence-corrected chi connectivity index (χ2v) is 8.17. The van der Waals surface area contributed by atoms with E-state index in [1.54, 1.807) is 48.8 Å². The van der Waals surface area contributed by atoms with Crippen LogP contribution in [-0.4, -0.2) is 61.5 Å². The lowest BCUT2D eigenvalue weighted by molar-refractivity contribution is -0.136. The van der Waals surface area contributed by atoms with Gasteiger partial charge in [0, 0.05) is 50.8 Å². The van der Waals surface area contributed by atoms with E-state index in [2.05, 4.69) is 25.4 Å². The number of rotatable bonds is 7. The number of para-hydroxylation sites is 2. The Labute approximate surface area is 203 Å². The predicted octanol–water partition coefficient (Wildman–Crippen LogP) is 2.85. The third-order valence-electron chi connectivity index (χ3n) is 6.03. The fourth-order valence-electron chi connectivity index (χ4n) is 4.17. The van der Waals surface area contributed by atoms with Gasteiger partial charge < -0.3 is 20.3 Å². The molecule has 2 aromatic carbocycles. The summed E-state index contributed by atoms with van der Waals surface area (Å²) in [6, 6.07) is 17.1. The fraction of sp³-hybridized carbons (Fsp3) is 0.269. The van der Waals surface area contributed by atoms with Crippen molar-refractivity contribution < 1.29 is 18.7 Å². The maximum atomic E-state index is 13.3. The lowest BCUT2D eigenvalue weighted by Gasteiger charge is -2.40. The second-order valence-electron chi connectivity index (χ2n) is 8.17. The molecule has 2 N–H and O–H groups in total. The van der Waals surface area contributed by atoms with Crippen molar-refractivity contribution in [2.75, 3.05) is 50.1 Å². The molecule has 0 radical (unpaired) electrons. The van der Waals surface area contributed by atoms with Crippen molar-refractivity contribution in [2.45, 2.75) is 6.04 Å². The molecular weight excluding hydrogens is 449 g/mol. The third-order valence-corrected chi connectivity index (χ3v) is 6.03. The average molecular weight is 478 g/mol. The van der Waals surface area contributed by atoms with Gasteiger partial charge in [-0.1, -0.05) is 18.2 Å². The van der Waals surface area contributed by atoms with Crippen molar-refractivity contribution in [3.63, 3.8) is 0 Å². The molecule has 0 aliphatic carbocycles. The number of aromatic nitrogens is 1. The second kappa shape index (κ2) is 11.4. The number of nitrogens with one attached hydrogen (secondary N) is 2. The van der Waals surface area contributed by atoms with Gasteiger partial charge in [0.25, 0.3) is 0 Å². The lowest BCUT2D eigenvalue weighted by Crippen LogP contribution is -2.50. The fourth-order valence-corrected chi connectivity index (χ4v) is 4.17. The van der Waals surface area contributed by atoms with Crippen LogP contribution in [0.3, 0.4) is 0 Å². The Balaban J connectivity index is 1.39. The highest BCUT2D eigenvalue weighted by molar-refractivity contribution is 6.39. The Morgan fingerprint density at radius 2 is 1.74 bits per heavy atom. The van der Waals surface area contributed by atoms with Crippen molar-refractivity contribution in [1.29, 1.82) is 0 Å². The average Bonchev–Trinajstić information content (AvgIpc) is 2.90. The highest BCUT2D eigenvalue weighted by Gasteiger charge is 2.27. The van der Waals surface area contributed by atoms with Crippen LogP contribution >= 0.6 is 0 Å². The normalized spacial score (nSPS) is 14.7. The maximum Gasteiger partial charge on any atom is 0.313 e. The highest BCUT2D eigenvalue weighted by atomic mass is 19.1. The van der Waals surface area contributed by atoms with E-state index in [9.17, 15) is 14.0 Å². The highest BCUT2D eigenvalue weighted by Crippen LogP contribution is 2.25. The molecule has 1 aliphatic heterocycles. The van der Waals surface area contributed by atoms with Crippen molar-refractivity contribution in [2.24, 2.45) is 0 Å². The van der Waals surface area contributed by atoms with Gasteiger partial charge in [-0.25, -0.2) is 4.39 Å². The van der Waals surface area contributed by atoms with Crippen LogP contribution < -0.4 is 20.3 Å². The first kappa shape index (κ1) is 24.2. The smallest absolute Gasteiger partial charge is 0.313 e. The first-order chi connectivity index (χ1) is 17.0. The minimum atomic E-state index is -0.763. The summed E-state index contributed by atoms with van der Waals surface area (Å²) in [5, 5.41) is 5.37. The summed E-state index contributed by atoms with van der Waals surface area (Å²) in [5.41, 5.74) is 2.36. The monoisotopic (exact) mass is 477 g/mol. The van der Waals surface area contributed by atoms with E-state index in [0.717, 1.165) is 37.4 Å². The number of amides is 2. The van der Waals surface area contributed by atoms with Gasteiger partial charge in [0.1, 0.15) is 11.6 Å². The molecule has 0 spiro atoms. The summed E-state index contributed by atoms with van der Waals surface area (Å²) in [5.74, 6) is -1.27. The van der Waals surface area contributed by atoms with Crippen molar-refractivity contribution in [3.8, 4) is 5.75 Å². The topological polar surface area (TPSA) is 86.8 Å². The molecule has 1 aliphatic rings. The third kappa shape index (κ3) is 6.13. The van der Waals surface area contributed by atoms with Gasteiger partial charge in [-0.15, -0.1) is 0 Å². The summed E-state index contributed by atoms with van der Waals surface area (Å²) in [4.78, 5) is 33.8. The van der Waals surface area contributed by atoms with E-state index >= 15 is 0 Å². The van der Waals surface area contributed by atoms with E-state index in [1.165, 1.54) is 19.2 Å². The van der Waals surface area contributed by atoms with Crippen LogP contribution in [0.5, 0.6) is 5.75 Å². The number of methoxy groups -OCH3 is 1. The van der Waals surface area contributed by atoms with Gasteiger partial charge in [-0.2, -0.15) is 0 Å². The minimum absolute atomic E-state index is 0.151. The van der Waals surface area contributed by atoms with Crippen LogP contribution in [0.15, 0.2) is 73.1 Å². The van der Waals surface area contributed by atoms with Crippen molar-refractivity contribution in [3.05, 3.63) is 84.4 Å². The molecule has 4 rings (SSSR count). The standard InChI is InChI=1S/C26H28FN5O3/c1-35-24-7-3-2-6-22(24)30-26(34)25(33)29-18-23(19-5-4-12-28-17-19)32-15-13-31(14-16-32)21-10-8-20(27)9-11-21/h2-12,17,23H,13-16,18H2,1H3,(H,29,33)(H,30,34)/t23-/m1/s1. The van der Waals surface area contributed by atoms with Gasteiger partial charge in [-0.3, -0.25) is 19.5 Å². The number of carbonyl (C=O) groups is 2. The van der Waals surface area contributed by atoms with Crippen LogP contribution in [-0.2, 0) is 9.59 Å². The Bertz CT molecular complexity index is 1140. The SMILES string of the molecule is COc1ccccc1NC(=O)C(=O)NC[C@H](c1cccnc1)N1CCN(c2ccc(F)cc2)CC1. The summed E-state index contributed by atoms with van der Waals surface area (Å²) < 4.78 is 18.5. The van der Waals surface area contributed by atoms with Crippen LogP contribution in [0.4, 0.5) is 15.8 Å². The first-order valence-electron chi connectivity index (χ1n) is 11.4. The molecular formula is C26H28FN5O3. The summed E-state index contributed by atoms with van der Waals surface area (Å²) >= 11 is 0. The van der Waals surface area contributed by atoms with Crippen LogP contribution in [0.25, 0.3) is 0 Å². The van der Waals surface area contributed by atoms with Crippen molar-refractivity contribution >= 4 is 23.2 Å². The van der Waals surface area contributed by atoms with Crippen molar-refractivity contribution in [1.82, 2.24) is 15.2 Å². The van der Waals surface area contributed by atoms with E-state index < -0.39 is 11.8 Å². The number of hydrogen-bond donors (Lipinski definition) is 2. The molecule has 1 fully saturated rings. The zero-order valence-electron chi connectivity index (χ0n) is 19.5. The van der Waals surface area contributed by atoms with Crippen LogP contribution in [0.2, 0.25) is 0 Å². The predicted molar refractivity (Wildman–Crippen MR) is 132 cm³/mol. The Hall–Kier alpha value is -3.98. The molecule has 3 aromatic rings. The Kier molecular flexibility index (Phi) is 7.89. The molecule has 0 saturated carbocycles. The number of carbonyl (C=O) groups excluding carboxylic acids is 2. The van der Waals surface area contributed by atoms with Gasteiger partial charge in [-0.05, 0) is 48.0 Å². The van der Waals surface area contributed by atoms with Gasteiger partial charge >= 0.3 is 11.8 Å². The molecule has 1 saturated heterocycles. The quantitative estimate of drug-likeness (QED) is 0.509. The zero-order chi connectivity index (χ0) is 24.6. The largest absolute Gasteiger partial charge is 0.495 e. The van der Waals surface area contributed by atoms with E-state index in [-0.39, 0.29) is 18.4 Å². The first-order valence-corrected chi connectivity index (χ1v) is 11.4. The molecule has 1 aromatic heterocycles. The molecule has 2 heterocycles. The molecule has 0 bridgehead atoms. The summed E-state index contributed by atoms with van der Waals surface area (Å²) in [6.45, 7) is 3.23. The van der Waals surface area contributed by atoms with E-state index in [0.29, 0.717) is 11.4 Å². The lowest BCUT2D eigenvalue weighted by atomic mass is 10.1. The number of halogens is 1. The number of hydrogen-bond acceptors (Lipinski definition) is 6. The molecule has 8 nitrogen and oxygen atoms in total. The number of ether oxygens (including phenoxy) is 1. The number of anilines is 2. The zero-order valence-corrected chi connectivity index (χ0v) is 19.5. The van der Waals surface area contributed by atoms with E-state index in [1.807, 2.05) is 12.1 Å². The number of piperazine rings is 1. The van der Waals surface area contributed by atoms with Gasteiger partial charge in [0.15, 0.2) is 0 Å². The molecule has 1 atom stereocenters. The number of nitrogens with zero attached hydrogens (tertiary/aromatic N) is 3. The molecule has 2 amide bonds. The Morgan fingerprint density at radius 1 is 1.00 bits per heavy atom. The molecule has 0 unspecified atom stereocenters. The Morgan fingerprint density at radius 3 is 2.43 bits per heavy atom. The molecule has 182 valence electrons. The van der Waals surface area contributed by atoms with Crippen LogP contribution in [0.1, 0.15) is 11.6 Å². The number of benzene rings is 2. The van der Waals surface area contributed by atoms with Crippen LogP contribution in [0, 0.1) is 5.82 Å². The summed E-state index contributed by atoms with van der Waals surface area (Å²) in [6.07, 6.45) is 3.48. The number of pyridine rings is 1. The van der Waals surface area contributed by atoms with E-state index in [4.69, 9.17) is 4.74 Å².